The van der Waals surface area contributed by atoms with Gasteiger partial charge in [0.25, 0.3) is 0 Å². The number of ether oxygens (including phenoxy) is 1. The van der Waals surface area contributed by atoms with Crippen LogP contribution in [-0.2, 0) is 4.74 Å². The van der Waals surface area contributed by atoms with Gasteiger partial charge >= 0.3 is 0 Å². The molecule has 1 aliphatic rings. The van der Waals surface area contributed by atoms with Crippen molar-refractivity contribution in [3.05, 3.63) is 67.0 Å². The van der Waals surface area contributed by atoms with Gasteiger partial charge in [-0.05, 0) is 12.1 Å². The van der Waals surface area contributed by atoms with Gasteiger partial charge in [-0.15, -0.1) is 0 Å². The van der Waals surface area contributed by atoms with E-state index in [1.54, 1.807) is 12.4 Å². The summed E-state index contributed by atoms with van der Waals surface area (Å²) in [6, 6.07) is 17.4. The van der Waals surface area contributed by atoms with Crippen LogP contribution in [0.5, 0.6) is 0 Å². The fourth-order valence-corrected chi connectivity index (χ4v) is 3.81. The molecule has 6 rings (SSSR count). The third-order valence-corrected chi connectivity index (χ3v) is 5.44. The van der Waals surface area contributed by atoms with E-state index in [2.05, 4.69) is 25.3 Å². The molecule has 9 heteroatoms. The van der Waals surface area contributed by atoms with Gasteiger partial charge in [-0.2, -0.15) is 4.98 Å². The zero-order valence-corrected chi connectivity index (χ0v) is 17.6. The average molecular weight is 440 g/mol. The molecule has 0 bridgehead atoms. The van der Waals surface area contributed by atoms with E-state index in [-0.39, 0.29) is 0 Å². The van der Waals surface area contributed by atoms with E-state index in [0.717, 1.165) is 29.9 Å². The molecule has 1 aromatic carbocycles. The summed E-state index contributed by atoms with van der Waals surface area (Å²) in [5, 5.41) is 7.31. The van der Waals surface area contributed by atoms with Gasteiger partial charge in [0.1, 0.15) is 17.0 Å². The second kappa shape index (κ2) is 8.36. The normalized spacial score (nSPS) is 14.0. The highest BCUT2D eigenvalue weighted by molar-refractivity contribution is 5.89. The number of aromatic nitrogens is 4. The lowest BCUT2D eigenvalue weighted by molar-refractivity contribution is 0.122. The average Bonchev–Trinajstić information content (AvgIpc) is 3.53. The predicted octanol–water partition coefficient (Wildman–Crippen LogP) is 4.52. The maximum Gasteiger partial charge on any atom is 0.232 e. The summed E-state index contributed by atoms with van der Waals surface area (Å²) in [6.45, 7) is 2.71. The SMILES string of the molecule is c1ccc(-c2cc(Nc3nc(N4CCOCC4)c4oc(-c5ccncc5)cc4n3)on2)cc1. The zero-order valence-electron chi connectivity index (χ0n) is 17.6. The Morgan fingerprint density at radius 2 is 1.70 bits per heavy atom. The van der Waals surface area contributed by atoms with Crippen LogP contribution in [-0.4, -0.2) is 46.4 Å². The molecular weight excluding hydrogens is 420 g/mol. The second-order valence-electron chi connectivity index (χ2n) is 7.60. The van der Waals surface area contributed by atoms with Gasteiger partial charge in [0.05, 0.1) is 13.2 Å². The second-order valence-corrected chi connectivity index (χ2v) is 7.60. The molecule has 33 heavy (non-hydrogen) atoms. The molecule has 1 fully saturated rings. The van der Waals surface area contributed by atoms with Gasteiger partial charge in [0, 0.05) is 48.7 Å². The first-order valence-corrected chi connectivity index (χ1v) is 10.7. The Morgan fingerprint density at radius 1 is 0.879 bits per heavy atom. The molecule has 5 aromatic rings. The molecule has 164 valence electrons. The fraction of sp³-hybridized carbons (Fsp3) is 0.167. The number of rotatable bonds is 5. The van der Waals surface area contributed by atoms with Gasteiger partial charge in [0.2, 0.25) is 11.8 Å². The van der Waals surface area contributed by atoms with Crippen molar-refractivity contribution in [2.45, 2.75) is 0 Å². The number of hydrogen-bond acceptors (Lipinski definition) is 9. The summed E-state index contributed by atoms with van der Waals surface area (Å²) in [7, 11) is 0. The van der Waals surface area contributed by atoms with Crippen LogP contribution in [0.25, 0.3) is 33.7 Å². The van der Waals surface area contributed by atoms with Crippen LogP contribution < -0.4 is 10.2 Å². The van der Waals surface area contributed by atoms with E-state index in [1.807, 2.05) is 54.6 Å². The number of pyridine rings is 1. The highest BCUT2D eigenvalue weighted by Crippen LogP contribution is 2.34. The number of furan rings is 1. The summed E-state index contributed by atoms with van der Waals surface area (Å²) >= 11 is 0. The lowest BCUT2D eigenvalue weighted by Crippen LogP contribution is -2.37. The van der Waals surface area contributed by atoms with Crippen molar-refractivity contribution in [3.63, 3.8) is 0 Å². The lowest BCUT2D eigenvalue weighted by Gasteiger charge is -2.27. The Balaban J connectivity index is 1.38. The summed E-state index contributed by atoms with van der Waals surface area (Å²) in [6.07, 6.45) is 3.47. The van der Waals surface area contributed by atoms with E-state index in [1.165, 1.54) is 0 Å². The van der Waals surface area contributed by atoms with Gasteiger partial charge in [-0.25, -0.2) is 4.98 Å². The standard InChI is InChI=1S/C24H20N6O3/c1-2-4-16(5-3-1)18-15-21(33-29-18)27-24-26-19-14-20(17-6-8-25-9-7-17)32-22(19)23(28-24)30-10-12-31-13-11-30/h1-9,14-15H,10-13H2,(H,26,27,28). The Hall–Kier alpha value is -4.24. The molecule has 1 aliphatic heterocycles. The molecule has 0 aliphatic carbocycles. The number of nitrogens with zero attached hydrogens (tertiary/aromatic N) is 5. The molecule has 0 saturated carbocycles. The largest absolute Gasteiger partial charge is 0.450 e. The summed E-state index contributed by atoms with van der Waals surface area (Å²) in [4.78, 5) is 15.7. The quantitative estimate of drug-likeness (QED) is 0.422. The monoisotopic (exact) mass is 440 g/mol. The number of anilines is 3. The fourth-order valence-electron chi connectivity index (χ4n) is 3.81. The Kier molecular flexibility index (Phi) is 4.93. The van der Waals surface area contributed by atoms with Crippen LogP contribution in [0.3, 0.4) is 0 Å². The van der Waals surface area contributed by atoms with E-state index in [4.69, 9.17) is 18.7 Å². The Morgan fingerprint density at radius 3 is 2.52 bits per heavy atom. The van der Waals surface area contributed by atoms with Crippen LogP contribution in [0.15, 0.2) is 75.9 Å². The minimum absolute atomic E-state index is 0.404. The minimum atomic E-state index is 0.404. The first-order valence-electron chi connectivity index (χ1n) is 10.7. The van der Waals surface area contributed by atoms with Crippen molar-refractivity contribution in [2.24, 2.45) is 0 Å². The molecule has 0 radical (unpaired) electrons. The number of fused-ring (bicyclic) bond motifs is 1. The van der Waals surface area contributed by atoms with Crippen molar-refractivity contribution < 1.29 is 13.7 Å². The van der Waals surface area contributed by atoms with Gasteiger partial charge in [0.15, 0.2) is 11.4 Å². The first kappa shape index (κ1) is 19.4. The van der Waals surface area contributed by atoms with Gasteiger partial charge in [-0.3, -0.25) is 10.3 Å². The molecule has 5 heterocycles. The highest BCUT2D eigenvalue weighted by Gasteiger charge is 2.22. The molecule has 0 unspecified atom stereocenters. The summed E-state index contributed by atoms with van der Waals surface area (Å²) in [5.74, 6) is 2.29. The summed E-state index contributed by atoms with van der Waals surface area (Å²) < 4.78 is 17.2. The third kappa shape index (κ3) is 3.90. The van der Waals surface area contributed by atoms with Crippen LogP contribution in [0.4, 0.5) is 17.7 Å². The van der Waals surface area contributed by atoms with Crippen molar-refractivity contribution >= 4 is 28.8 Å². The first-order chi connectivity index (χ1) is 16.3. The topological polar surface area (TPSA) is 102 Å². The Bertz CT molecular complexity index is 1380. The van der Waals surface area contributed by atoms with E-state index in [9.17, 15) is 0 Å². The van der Waals surface area contributed by atoms with Crippen LogP contribution in [0.1, 0.15) is 0 Å². The van der Waals surface area contributed by atoms with E-state index < -0.39 is 0 Å². The van der Waals surface area contributed by atoms with Gasteiger partial charge < -0.3 is 18.6 Å². The minimum Gasteiger partial charge on any atom is -0.450 e. The van der Waals surface area contributed by atoms with Crippen molar-refractivity contribution in [1.82, 2.24) is 20.1 Å². The van der Waals surface area contributed by atoms with Crippen LogP contribution in [0.2, 0.25) is 0 Å². The Labute approximate surface area is 189 Å². The van der Waals surface area contributed by atoms with Crippen molar-refractivity contribution in [3.8, 4) is 22.6 Å². The third-order valence-electron chi connectivity index (χ3n) is 5.44. The maximum absolute atomic E-state index is 6.21. The predicted molar refractivity (Wildman–Crippen MR) is 123 cm³/mol. The highest BCUT2D eigenvalue weighted by atomic mass is 16.5. The molecule has 1 N–H and O–H groups in total. The zero-order chi connectivity index (χ0) is 22.0. The molecule has 0 amide bonds. The number of hydrogen-bond donors (Lipinski definition) is 1. The van der Waals surface area contributed by atoms with E-state index >= 15 is 0 Å². The smallest absolute Gasteiger partial charge is 0.232 e. The lowest BCUT2D eigenvalue weighted by atomic mass is 10.2. The molecule has 0 spiro atoms. The molecule has 1 saturated heterocycles. The number of nitrogens with one attached hydrogen (secondary N) is 1. The van der Waals surface area contributed by atoms with Crippen molar-refractivity contribution in [2.75, 3.05) is 36.5 Å². The molecule has 0 atom stereocenters. The number of morpholine rings is 1. The summed E-state index contributed by atoms with van der Waals surface area (Å²) in [5.41, 5.74) is 3.96. The molecule has 4 aromatic heterocycles. The maximum atomic E-state index is 6.21. The molecule has 9 nitrogen and oxygen atoms in total. The van der Waals surface area contributed by atoms with Crippen LogP contribution >= 0.6 is 0 Å². The van der Waals surface area contributed by atoms with Gasteiger partial charge in [-0.1, -0.05) is 35.5 Å². The van der Waals surface area contributed by atoms with Crippen LogP contribution in [0, 0.1) is 0 Å². The van der Waals surface area contributed by atoms with E-state index in [0.29, 0.717) is 47.7 Å². The molecular formula is C24H20N6O3. The van der Waals surface area contributed by atoms with Crippen molar-refractivity contribution in [1.29, 1.82) is 0 Å². The number of benzene rings is 1.